The number of nitrogens with one attached hydrogen (secondary N) is 2. The molecule has 9 nitrogen and oxygen atoms in total. The Morgan fingerprint density at radius 3 is 2.64 bits per heavy atom. The minimum Gasteiger partial charge on any atom is -0.364 e. The highest BCUT2D eigenvalue weighted by molar-refractivity contribution is 6.05. The van der Waals surface area contributed by atoms with Crippen LogP contribution >= 0.6 is 0 Å². The number of aromatic nitrogens is 4. The van der Waals surface area contributed by atoms with Crippen molar-refractivity contribution in [3.05, 3.63) is 47.7 Å². The predicted octanol–water partition coefficient (Wildman–Crippen LogP) is 3.61. The van der Waals surface area contributed by atoms with Crippen LogP contribution in [0.1, 0.15) is 47.7 Å². The Morgan fingerprint density at radius 2 is 1.88 bits per heavy atom. The van der Waals surface area contributed by atoms with Crippen LogP contribution in [0.4, 0.5) is 22.9 Å². The van der Waals surface area contributed by atoms with Crippen LogP contribution in [0.15, 0.2) is 30.5 Å². The summed E-state index contributed by atoms with van der Waals surface area (Å²) in [7, 11) is 2.02. The lowest BCUT2D eigenvalue weighted by Crippen LogP contribution is -2.27. The molecule has 33 heavy (non-hydrogen) atoms. The maximum Gasteiger partial charge on any atom is 0.228 e. The molecular formula is C24H25N7O2. The van der Waals surface area contributed by atoms with Crippen LogP contribution in [0.3, 0.4) is 0 Å². The van der Waals surface area contributed by atoms with Crippen molar-refractivity contribution in [2.24, 2.45) is 11.8 Å². The Balaban J connectivity index is 1.40. The molecule has 168 valence electrons. The van der Waals surface area contributed by atoms with Gasteiger partial charge in [0, 0.05) is 31.1 Å². The number of hydrogen-bond acceptors (Lipinski definition) is 7. The number of Topliss-reactive ketones (excluding diaryl/α,β-unsaturated/α-hetero) is 1. The summed E-state index contributed by atoms with van der Waals surface area (Å²) in [6, 6.07) is 7.72. The van der Waals surface area contributed by atoms with Gasteiger partial charge < -0.3 is 15.5 Å². The number of hydrogen-bond donors (Lipinski definition) is 2. The summed E-state index contributed by atoms with van der Waals surface area (Å²) in [5, 5.41) is 10.9. The molecule has 2 saturated carbocycles. The lowest BCUT2D eigenvalue weighted by molar-refractivity contribution is -0.117. The molecule has 3 aromatic rings. The van der Waals surface area contributed by atoms with Gasteiger partial charge in [-0.3, -0.25) is 9.59 Å². The van der Waals surface area contributed by atoms with Gasteiger partial charge in [-0.25, -0.2) is 14.6 Å². The average molecular weight is 444 g/mol. The Labute approximate surface area is 191 Å². The predicted molar refractivity (Wildman–Crippen MR) is 124 cm³/mol. The summed E-state index contributed by atoms with van der Waals surface area (Å²) in [5.74, 6) is 2.29. The zero-order valence-electron chi connectivity index (χ0n) is 18.6. The zero-order valence-corrected chi connectivity index (χ0v) is 18.6. The highest BCUT2D eigenvalue weighted by Crippen LogP contribution is 2.40. The normalized spacial score (nSPS) is 16.7. The summed E-state index contributed by atoms with van der Waals surface area (Å²) in [4.78, 5) is 36.3. The summed E-state index contributed by atoms with van der Waals surface area (Å²) < 4.78 is 1.87. The van der Waals surface area contributed by atoms with Gasteiger partial charge in [0.1, 0.15) is 11.6 Å². The second-order valence-electron chi connectivity index (χ2n) is 9.16. The number of fused-ring (bicyclic) bond motifs is 3. The number of pyridine rings is 1. The molecule has 1 amide bonds. The molecule has 3 aliphatic rings. The van der Waals surface area contributed by atoms with Crippen LogP contribution in [0, 0.1) is 18.8 Å². The van der Waals surface area contributed by atoms with E-state index in [-0.39, 0.29) is 23.5 Å². The van der Waals surface area contributed by atoms with E-state index in [2.05, 4.69) is 30.6 Å². The second-order valence-corrected chi connectivity index (χ2v) is 9.16. The van der Waals surface area contributed by atoms with Crippen molar-refractivity contribution in [2.45, 2.75) is 39.2 Å². The Kier molecular flexibility index (Phi) is 4.46. The molecule has 2 aliphatic carbocycles. The molecule has 1 aromatic carbocycles. The van der Waals surface area contributed by atoms with E-state index in [1.54, 1.807) is 12.3 Å². The molecular weight excluding hydrogens is 418 g/mol. The van der Waals surface area contributed by atoms with Gasteiger partial charge in [0.15, 0.2) is 11.6 Å². The fourth-order valence-corrected chi connectivity index (χ4v) is 4.36. The number of benzene rings is 1. The third kappa shape index (κ3) is 3.63. The van der Waals surface area contributed by atoms with Crippen molar-refractivity contribution >= 4 is 34.6 Å². The lowest BCUT2D eigenvalue weighted by Gasteiger charge is -2.30. The topological polar surface area (TPSA) is 105 Å². The van der Waals surface area contributed by atoms with E-state index < -0.39 is 0 Å². The van der Waals surface area contributed by atoms with Crippen molar-refractivity contribution in [3.63, 3.8) is 0 Å². The average Bonchev–Trinajstić information content (AvgIpc) is 3.70. The van der Waals surface area contributed by atoms with E-state index >= 15 is 0 Å². The number of aryl methyl sites for hydroxylation is 1. The highest BCUT2D eigenvalue weighted by atomic mass is 16.2. The van der Waals surface area contributed by atoms with E-state index in [1.165, 1.54) is 0 Å². The number of rotatable bonds is 6. The number of ketones is 1. The molecule has 0 bridgehead atoms. The van der Waals surface area contributed by atoms with Crippen molar-refractivity contribution in [1.82, 2.24) is 19.7 Å². The minimum atomic E-state index is -0.0133. The van der Waals surface area contributed by atoms with Crippen LogP contribution < -0.4 is 15.5 Å². The molecule has 0 atom stereocenters. The Bertz CT molecular complexity index is 1290. The van der Waals surface area contributed by atoms with Crippen molar-refractivity contribution < 1.29 is 9.59 Å². The molecule has 3 heterocycles. The second kappa shape index (κ2) is 7.40. The molecule has 2 fully saturated rings. The van der Waals surface area contributed by atoms with Crippen LogP contribution in [0.2, 0.25) is 0 Å². The summed E-state index contributed by atoms with van der Waals surface area (Å²) in [5.41, 5.74) is 3.95. The summed E-state index contributed by atoms with van der Waals surface area (Å²) >= 11 is 0. The molecule has 9 heteroatoms. The molecule has 0 unspecified atom stereocenters. The van der Waals surface area contributed by atoms with Crippen molar-refractivity contribution in [3.8, 4) is 5.69 Å². The number of para-hydroxylation sites is 1. The summed E-state index contributed by atoms with van der Waals surface area (Å²) in [6.45, 7) is 2.51. The van der Waals surface area contributed by atoms with Gasteiger partial charge in [-0.15, -0.1) is 0 Å². The van der Waals surface area contributed by atoms with Gasteiger partial charge in [0.25, 0.3) is 0 Å². The third-order valence-electron chi connectivity index (χ3n) is 6.37. The summed E-state index contributed by atoms with van der Waals surface area (Å²) in [6.07, 6.45) is 5.25. The Hall–Kier alpha value is -3.75. The molecule has 2 N–H and O–H groups in total. The molecule has 0 spiro atoms. The van der Waals surface area contributed by atoms with Crippen LogP contribution in [0.25, 0.3) is 5.69 Å². The highest BCUT2D eigenvalue weighted by Gasteiger charge is 2.33. The van der Waals surface area contributed by atoms with Crippen LogP contribution in [-0.2, 0) is 11.3 Å². The first-order valence-corrected chi connectivity index (χ1v) is 11.4. The molecule has 6 rings (SSSR count). The Morgan fingerprint density at radius 1 is 1.09 bits per heavy atom. The fourth-order valence-electron chi connectivity index (χ4n) is 4.36. The lowest BCUT2D eigenvalue weighted by atomic mass is 10.1. The number of carbonyl (C=O) groups is 2. The maximum absolute atomic E-state index is 13.0. The molecule has 1 aliphatic heterocycles. The zero-order chi connectivity index (χ0) is 22.7. The van der Waals surface area contributed by atoms with Gasteiger partial charge in [-0.2, -0.15) is 5.10 Å². The third-order valence-corrected chi connectivity index (χ3v) is 6.37. The van der Waals surface area contributed by atoms with E-state index in [1.807, 2.05) is 36.9 Å². The largest absolute Gasteiger partial charge is 0.364 e. The van der Waals surface area contributed by atoms with E-state index in [0.717, 1.165) is 54.4 Å². The van der Waals surface area contributed by atoms with E-state index in [4.69, 9.17) is 0 Å². The van der Waals surface area contributed by atoms with Gasteiger partial charge in [0.05, 0.1) is 34.9 Å². The monoisotopic (exact) mass is 443 g/mol. The van der Waals surface area contributed by atoms with Gasteiger partial charge in [0.2, 0.25) is 5.91 Å². The first-order valence-electron chi connectivity index (χ1n) is 11.4. The standard InChI is InChI=1S/C24H25N7O2/c1-13-26-21-12-30(2)22-17(4-3-5-19(22)31(21)29-13)27-18-10-20(28-24(33)15-8-9-15)25-11-16(18)23(32)14-6-7-14/h3-5,10-11,14-15H,6-9,12H2,1-2H3,(H2,25,27,28,33). The number of amides is 1. The van der Waals surface area contributed by atoms with Crippen LogP contribution in [0.5, 0.6) is 0 Å². The van der Waals surface area contributed by atoms with Gasteiger partial charge >= 0.3 is 0 Å². The molecule has 0 radical (unpaired) electrons. The quantitative estimate of drug-likeness (QED) is 0.561. The fraction of sp³-hybridized carbons (Fsp3) is 0.375. The van der Waals surface area contributed by atoms with E-state index in [9.17, 15) is 9.59 Å². The maximum atomic E-state index is 13.0. The number of carbonyl (C=O) groups excluding carboxylic acids is 2. The van der Waals surface area contributed by atoms with E-state index in [0.29, 0.717) is 23.6 Å². The first kappa shape index (κ1) is 19.9. The molecule has 0 saturated heterocycles. The minimum absolute atomic E-state index is 0.0133. The number of nitrogens with zero attached hydrogens (tertiary/aromatic N) is 5. The SMILES string of the molecule is Cc1nc2n(n1)-c1cccc(Nc3cc(NC(=O)C4CC4)ncc3C(=O)C3CC3)c1N(C)C2. The first-order chi connectivity index (χ1) is 16.0. The number of anilines is 4. The molecule has 2 aromatic heterocycles. The van der Waals surface area contributed by atoms with Crippen LogP contribution in [-0.4, -0.2) is 38.5 Å². The van der Waals surface area contributed by atoms with Gasteiger partial charge in [-0.05, 0) is 44.7 Å². The van der Waals surface area contributed by atoms with Crippen molar-refractivity contribution in [2.75, 3.05) is 22.6 Å². The van der Waals surface area contributed by atoms with Gasteiger partial charge in [-0.1, -0.05) is 6.07 Å². The van der Waals surface area contributed by atoms with Crippen molar-refractivity contribution in [1.29, 1.82) is 0 Å². The smallest absolute Gasteiger partial charge is 0.228 e.